The molecule has 0 bridgehead atoms. The van der Waals surface area contributed by atoms with Crippen molar-refractivity contribution in [1.82, 2.24) is 0 Å². The van der Waals surface area contributed by atoms with Gasteiger partial charge in [0.25, 0.3) is 0 Å². The highest BCUT2D eigenvalue weighted by atomic mass is 32.2. The van der Waals surface area contributed by atoms with Gasteiger partial charge in [-0.2, -0.15) is 13.2 Å². The first kappa shape index (κ1) is 14.0. The van der Waals surface area contributed by atoms with Crippen LogP contribution < -0.4 is 0 Å². The van der Waals surface area contributed by atoms with Gasteiger partial charge in [-0.05, 0) is 6.07 Å². The molecule has 0 saturated carbocycles. The van der Waals surface area contributed by atoms with Gasteiger partial charge in [0.2, 0.25) is 0 Å². The van der Waals surface area contributed by atoms with E-state index in [4.69, 9.17) is 5.11 Å². The normalized spacial score (nSPS) is 12.7. The number of carbonyl (C=O) groups is 1. The molecule has 0 unspecified atom stereocenters. The van der Waals surface area contributed by atoms with Gasteiger partial charge in [0.15, 0.2) is 9.84 Å². The second kappa shape index (κ2) is 4.30. The molecular formula is C8H7F3O4S2. The number of hydrogen-bond acceptors (Lipinski definition) is 4. The number of carboxylic acid groups (broad SMARTS) is 1. The lowest BCUT2D eigenvalue weighted by Gasteiger charge is -2.00. The molecule has 1 heterocycles. The predicted molar refractivity (Wildman–Crippen MR) is 54.0 cm³/mol. The highest BCUT2D eigenvalue weighted by molar-refractivity contribution is 7.91. The second-order valence-electron chi connectivity index (χ2n) is 3.01. The first-order valence-electron chi connectivity index (χ1n) is 4.26. The molecule has 4 nitrogen and oxygen atoms in total. The summed E-state index contributed by atoms with van der Waals surface area (Å²) in [6, 6.07) is 0.368. The van der Waals surface area contributed by atoms with E-state index in [9.17, 15) is 26.4 Å². The van der Waals surface area contributed by atoms with Gasteiger partial charge in [0.1, 0.15) is 9.75 Å². The molecule has 0 radical (unpaired) electrons. The summed E-state index contributed by atoms with van der Waals surface area (Å²) in [7, 11) is -3.98. The number of alkyl halides is 3. The fourth-order valence-corrected chi connectivity index (χ4v) is 3.37. The minimum Gasteiger partial charge on any atom is -0.477 e. The van der Waals surface area contributed by atoms with E-state index in [-0.39, 0.29) is 11.3 Å². The summed E-state index contributed by atoms with van der Waals surface area (Å²) in [5, 5.41) is 8.68. The van der Waals surface area contributed by atoms with Crippen molar-refractivity contribution < 1.29 is 31.5 Å². The maximum atomic E-state index is 12.4. The highest BCUT2D eigenvalue weighted by Gasteiger charge is 2.37. The third kappa shape index (κ3) is 2.78. The summed E-state index contributed by atoms with van der Waals surface area (Å²) in [6.45, 7) is 1.23. The molecular weight excluding hydrogens is 281 g/mol. The summed E-state index contributed by atoms with van der Waals surface area (Å²) in [6.07, 6.45) is -4.75. The summed E-state index contributed by atoms with van der Waals surface area (Å²) in [4.78, 5) is 7.89. The quantitative estimate of drug-likeness (QED) is 0.926. The van der Waals surface area contributed by atoms with Crippen LogP contribution in [0.15, 0.2) is 11.0 Å². The predicted octanol–water partition coefficient (Wildman–Crippen LogP) is 2.26. The van der Waals surface area contributed by atoms with E-state index in [2.05, 4.69) is 0 Å². The molecule has 1 rings (SSSR count). The van der Waals surface area contributed by atoms with E-state index >= 15 is 0 Å². The van der Waals surface area contributed by atoms with E-state index in [1.165, 1.54) is 6.92 Å². The zero-order valence-corrected chi connectivity index (χ0v) is 10.0. The summed E-state index contributed by atoms with van der Waals surface area (Å²) in [5.41, 5.74) is 0. The number of halogens is 3. The molecule has 96 valence electrons. The Labute approximate surface area is 98.6 Å². The van der Waals surface area contributed by atoms with Gasteiger partial charge in [-0.3, -0.25) is 0 Å². The van der Waals surface area contributed by atoms with Crippen molar-refractivity contribution in [3.05, 3.63) is 15.8 Å². The van der Waals surface area contributed by atoms with Crippen LogP contribution in [0.1, 0.15) is 21.5 Å². The van der Waals surface area contributed by atoms with Crippen LogP contribution in [0.25, 0.3) is 0 Å². The smallest absolute Gasteiger partial charge is 0.425 e. The first-order chi connectivity index (χ1) is 7.59. The Morgan fingerprint density at radius 2 is 2.00 bits per heavy atom. The van der Waals surface area contributed by atoms with E-state index in [1.54, 1.807) is 0 Å². The molecule has 0 aromatic carbocycles. The van der Waals surface area contributed by atoms with Gasteiger partial charge in [-0.1, -0.05) is 6.92 Å². The Morgan fingerprint density at radius 3 is 2.35 bits per heavy atom. The molecule has 0 saturated heterocycles. The number of sulfone groups is 1. The Bertz CT molecular complexity index is 542. The molecule has 9 heteroatoms. The van der Waals surface area contributed by atoms with Crippen LogP contribution >= 0.6 is 11.3 Å². The van der Waals surface area contributed by atoms with Crippen LogP contribution in [0.4, 0.5) is 13.2 Å². The van der Waals surface area contributed by atoms with E-state index in [0.29, 0.717) is 6.07 Å². The first-order valence-corrected chi connectivity index (χ1v) is 6.73. The third-order valence-electron chi connectivity index (χ3n) is 1.89. The van der Waals surface area contributed by atoms with Crippen LogP contribution in [0.3, 0.4) is 0 Å². The van der Waals surface area contributed by atoms with Crippen molar-refractivity contribution in [1.29, 1.82) is 0 Å². The van der Waals surface area contributed by atoms with Crippen molar-refractivity contribution in [2.45, 2.75) is 18.0 Å². The van der Waals surface area contributed by atoms with Gasteiger partial charge in [0, 0.05) is 0 Å². The number of thiophene rings is 1. The number of aromatic carboxylic acids is 1. The van der Waals surface area contributed by atoms with Crippen molar-refractivity contribution in [2.75, 3.05) is 5.75 Å². The van der Waals surface area contributed by atoms with Crippen molar-refractivity contribution in [2.24, 2.45) is 0 Å². The van der Waals surface area contributed by atoms with Crippen LogP contribution in [0.5, 0.6) is 0 Å². The Kier molecular flexibility index (Phi) is 3.53. The lowest BCUT2D eigenvalue weighted by molar-refractivity contribution is -0.134. The molecule has 1 N–H and O–H groups in total. The van der Waals surface area contributed by atoms with E-state index < -0.39 is 42.4 Å². The molecule has 1 aromatic rings. The molecule has 0 aliphatic heterocycles. The molecule has 1 aromatic heterocycles. The molecule has 0 atom stereocenters. The third-order valence-corrected chi connectivity index (χ3v) is 4.94. The van der Waals surface area contributed by atoms with E-state index in [0.717, 1.165) is 0 Å². The summed E-state index contributed by atoms with van der Waals surface area (Å²) < 4.78 is 60.0. The minimum absolute atomic E-state index is 0.0869. The SMILES string of the molecule is CCS(=O)(=O)c1cc(C(F)(F)F)sc1C(=O)O. The van der Waals surface area contributed by atoms with Gasteiger partial charge in [-0.25, -0.2) is 13.2 Å². The lowest BCUT2D eigenvalue weighted by Crippen LogP contribution is -2.07. The van der Waals surface area contributed by atoms with Gasteiger partial charge >= 0.3 is 12.1 Å². The minimum atomic E-state index is -4.75. The Balaban J connectivity index is 3.51. The molecule has 0 aliphatic rings. The zero-order chi connectivity index (χ0) is 13.4. The van der Waals surface area contributed by atoms with Crippen LogP contribution in [-0.4, -0.2) is 25.2 Å². The van der Waals surface area contributed by atoms with Crippen molar-refractivity contribution >= 4 is 27.1 Å². The maximum absolute atomic E-state index is 12.4. The number of rotatable bonds is 3. The fourth-order valence-electron chi connectivity index (χ4n) is 1.05. The number of carboxylic acids is 1. The van der Waals surface area contributed by atoms with Crippen LogP contribution in [0, 0.1) is 0 Å². The molecule has 0 aliphatic carbocycles. The average molecular weight is 288 g/mol. The van der Waals surface area contributed by atoms with Crippen molar-refractivity contribution in [3.63, 3.8) is 0 Å². The maximum Gasteiger partial charge on any atom is 0.425 e. The van der Waals surface area contributed by atoms with E-state index in [1.807, 2.05) is 0 Å². The topological polar surface area (TPSA) is 71.4 Å². The average Bonchev–Trinajstić information content (AvgIpc) is 2.61. The molecule has 0 amide bonds. The Hall–Kier alpha value is -1.09. The fraction of sp³-hybridized carbons (Fsp3) is 0.375. The lowest BCUT2D eigenvalue weighted by atomic mass is 10.4. The summed E-state index contributed by atoms with van der Waals surface area (Å²) in [5.74, 6) is -2.14. The monoisotopic (exact) mass is 288 g/mol. The number of hydrogen-bond donors (Lipinski definition) is 1. The van der Waals surface area contributed by atoms with Gasteiger partial charge in [-0.15, -0.1) is 11.3 Å². The van der Waals surface area contributed by atoms with Crippen LogP contribution in [-0.2, 0) is 16.0 Å². The zero-order valence-electron chi connectivity index (χ0n) is 8.41. The molecule has 17 heavy (non-hydrogen) atoms. The molecule has 0 spiro atoms. The Morgan fingerprint density at radius 1 is 1.47 bits per heavy atom. The van der Waals surface area contributed by atoms with Crippen LogP contribution in [0.2, 0.25) is 0 Å². The van der Waals surface area contributed by atoms with Gasteiger partial charge in [0.05, 0.1) is 10.6 Å². The highest BCUT2D eigenvalue weighted by Crippen LogP contribution is 2.38. The molecule has 0 fully saturated rings. The second-order valence-corrected chi connectivity index (χ2v) is 6.31. The largest absolute Gasteiger partial charge is 0.477 e. The van der Waals surface area contributed by atoms with Crippen molar-refractivity contribution in [3.8, 4) is 0 Å². The summed E-state index contributed by atoms with van der Waals surface area (Å²) >= 11 is -0.0869. The van der Waals surface area contributed by atoms with Gasteiger partial charge < -0.3 is 5.11 Å². The standard InChI is InChI=1S/C8H7F3O4S2/c1-2-17(14,15)4-3-5(8(9,10)11)16-6(4)7(12)13/h3H,2H2,1H3,(H,12,13).